The molecule has 7 heteroatoms. The number of amides is 1. The lowest BCUT2D eigenvalue weighted by Crippen LogP contribution is -2.41. The van der Waals surface area contributed by atoms with Gasteiger partial charge >= 0.3 is 0 Å². The van der Waals surface area contributed by atoms with Crippen LogP contribution in [0.2, 0.25) is 0 Å². The Morgan fingerprint density at radius 2 is 2.12 bits per heavy atom. The average Bonchev–Trinajstić information content (AvgIpc) is 2.62. The summed E-state index contributed by atoms with van der Waals surface area (Å²) >= 11 is 0. The van der Waals surface area contributed by atoms with Crippen molar-refractivity contribution in [2.24, 2.45) is 0 Å². The van der Waals surface area contributed by atoms with Gasteiger partial charge in [-0.1, -0.05) is 12.5 Å². The highest BCUT2D eigenvalue weighted by molar-refractivity contribution is 5.77. The number of nitrogens with zero attached hydrogens (tertiary/aromatic N) is 5. The van der Waals surface area contributed by atoms with Crippen molar-refractivity contribution in [2.45, 2.75) is 32.2 Å². The molecule has 0 saturated carbocycles. The lowest BCUT2D eigenvalue weighted by Gasteiger charge is -2.35. The van der Waals surface area contributed by atoms with Gasteiger partial charge in [0, 0.05) is 26.4 Å². The number of rotatable bonds is 5. The van der Waals surface area contributed by atoms with Crippen molar-refractivity contribution in [3.05, 3.63) is 42.0 Å². The number of piperidine rings is 1. The van der Waals surface area contributed by atoms with Gasteiger partial charge in [0.2, 0.25) is 5.91 Å². The number of hydrogen-bond donors (Lipinski definition) is 1. The number of hydrogen-bond acceptors (Lipinski definition) is 6. The van der Waals surface area contributed by atoms with Crippen molar-refractivity contribution in [3.8, 4) is 0 Å². The number of carbonyl (C=O) groups excluding carboxylic acids is 1. The summed E-state index contributed by atoms with van der Waals surface area (Å²) in [7, 11) is 3.59. The van der Waals surface area contributed by atoms with E-state index in [0.717, 1.165) is 43.1 Å². The molecule has 3 heterocycles. The maximum atomic E-state index is 12.2. The molecule has 1 N–H and O–H groups in total. The van der Waals surface area contributed by atoms with Crippen LogP contribution < -0.4 is 5.32 Å². The maximum absolute atomic E-state index is 12.2. The van der Waals surface area contributed by atoms with Gasteiger partial charge in [-0.3, -0.25) is 9.69 Å². The Balaban J connectivity index is 1.83. The molecule has 1 saturated heterocycles. The van der Waals surface area contributed by atoms with E-state index in [-0.39, 0.29) is 11.9 Å². The van der Waals surface area contributed by atoms with Crippen molar-refractivity contribution in [3.63, 3.8) is 0 Å². The topological polar surface area (TPSA) is 74.2 Å². The fourth-order valence-electron chi connectivity index (χ4n) is 3.22. The number of aromatic nitrogens is 3. The second-order valence-electron chi connectivity index (χ2n) is 6.84. The van der Waals surface area contributed by atoms with Crippen LogP contribution in [0.25, 0.3) is 0 Å². The van der Waals surface area contributed by atoms with E-state index >= 15 is 0 Å². The number of likely N-dealkylation sites (tertiary alicyclic amines) is 1. The summed E-state index contributed by atoms with van der Waals surface area (Å²) < 4.78 is 0. The predicted octanol–water partition coefficient (Wildman–Crippen LogP) is 2.54. The molecular formula is C19H26N6O. The van der Waals surface area contributed by atoms with Crippen LogP contribution in [0.4, 0.5) is 11.6 Å². The van der Waals surface area contributed by atoms with E-state index in [2.05, 4.69) is 25.2 Å². The molecule has 0 radical (unpaired) electrons. The second kappa shape index (κ2) is 8.23. The van der Waals surface area contributed by atoms with E-state index in [1.54, 1.807) is 25.2 Å². The Bertz CT molecular complexity index is 749. The summed E-state index contributed by atoms with van der Waals surface area (Å²) in [5.41, 5.74) is 0.960. The molecule has 1 amide bonds. The zero-order chi connectivity index (χ0) is 18.5. The summed E-state index contributed by atoms with van der Waals surface area (Å²) in [5, 5.41) is 3.24. The zero-order valence-corrected chi connectivity index (χ0v) is 15.6. The number of aryl methyl sites for hydroxylation is 1. The summed E-state index contributed by atoms with van der Waals surface area (Å²) in [6.45, 7) is 3.23. The van der Waals surface area contributed by atoms with Gasteiger partial charge in [-0.15, -0.1) is 0 Å². The molecule has 2 aromatic rings. The molecule has 3 rings (SSSR count). The van der Waals surface area contributed by atoms with Gasteiger partial charge in [0.25, 0.3) is 0 Å². The van der Waals surface area contributed by atoms with Gasteiger partial charge in [-0.05, 0) is 38.4 Å². The molecule has 0 unspecified atom stereocenters. The molecule has 0 spiro atoms. The molecule has 2 aromatic heterocycles. The highest BCUT2D eigenvalue weighted by Gasteiger charge is 2.27. The van der Waals surface area contributed by atoms with Crippen LogP contribution in [-0.4, -0.2) is 57.8 Å². The number of nitrogens with one attached hydrogen (secondary N) is 1. The van der Waals surface area contributed by atoms with Crippen molar-refractivity contribution in [2.75, 3.05) is 32.5 Å². The molecule has 0 aromatic carbocycles. The first kappa shape index (κ1) is 18.3. The van der Waals surface area contributed by atoms with E-state index in [1.165, 1.54) is 0 Å². The third-order valence-electron chi connectivity index (χ3n) is 4.57. The SMILES string of the molecule is Cc1nc(Nc2ccccn2)cc([C@@H]2CCCCN2CC(=O)N(C)C)n1. The highest BCUT2D eigenvalue weighted by atomic mass is 16.2. The second-order valence-corrected chi connectivity index (χ2v) is 6.84. The minimum atomic E-state index is 0.120. The van der Waals surface area contributed by atoms with Crippen LogP contribution in [0, 0.1) is 6.92 Å². The van der Waals surface area contributed by atoms with E-state index in [4.69, 9.17) is 0 Å². The third kappa shape index (κ3) is 4.54. The molecule has 138 valence electrons. The molecular weight excluding hydrogens is 328 g/mol. The fourth-order valence-corrected chi connectivity index (χ4v) is 3.22. The van der Waals surface area contributed by atoms with Gasteiger partial charge < -0.3 is 10.2 Å². The first-order valence-corrected chi connectivity index (χ1v) is 9.01. The Kier molecular flexibility index (Phi) is 5.78. The average molecular weight is 354 g/mol. The summed E-state index contributed by atoms with van der Waals surface area (Å²) in [5.74, 6) is 2.32. The summed E-state index contributed by atoms with van der Waals surface area (Å²) in [6.07, 6.45) is 5.00. The molecule has 7 nitrogen and oxygen atoms in total. The Morgan fingerprint density at radius 1 is 1.27 bits per heavy atom. The Labute approximate surface area is 154 Å². The Morgan fingerprint density at radius 3 is 2.85 bits per heavy atom. The van der Waals surface area contributed by atoms with Crippen molar-refractivity contribution in [1.82, 2.24) is 24.8 Å². The van der Waals surface area contributed by atoms with E-state index in [1.807, 2.05) is 31.2 Å². The van der Waals surface area contributed by atoms with Gasteiger partial charge in [0.05, 0.1) is 18.3 Å². The minimum absolute atomic E-state index is 0.120. The summed E-state index contributed by atoms with van der Waals surface area (Å²) in [4.78, 5) is 29.5. The fraction of sp³-hybridized carbons (Fsp3) is 0.474. The van der Waals surface area contributed by atoms with E-state index in [0.29, 0.717) is 12.4 Å². The largest absolute Gasteiger partial charge is 0.348 e. The number of likely N-dealkylation sites (N-methyl/N-ethyl adjacent to an activating group) is 1. The smallest absolute Gasteiger partial charge is 0.236 e. The summed E-state index contributed by atoms with van der Waals surface area (Å²) in [6, 6.07) is 7.83. The first-order valence-electron chi connectivity index (χ1n) is 9.01. The molecule has 0 bridgehead atoms. The lowest BCUT2D eigenvalue weighted by molar-refractivity contribution is -0.130. The molecule has 0 aliphatic carbocycles. The normalized spacial score (nSPS) is 17.7. The monoisotopic (exact) mass is 354 g/mol. The van der Waals surface area contributed by atoms with Gasteiger partial charge in [0.15, 0.2) is 0 Å². The van der Waals surface area contributed by atoms with Gasteiger partial charge in [-0.25, -0.2) is 15.0 Å². The van der Waals surface area contributed by atoms with Crippen molar-refractivity contribution >= 4 is 17.5 Å². The highest BCUT2D eigenvalue weighted by Crippen LogP contribution is 2.31. The zero-order valence-electron chi connectivity index (χ0n) is 15.6. The third-order valence-corrected chi connectivity index (χ3v) is 4.57. The minimum Gasteiger partial charge on any atom is -0.348 e. The number of pyridine rings is 1. The maximum Gasteiger partial charge on any atom is 0.236 e. The number of carbonyl (C=O) groups is 1. The van der Waals surface area contributed by atoms with Gasteiger partial charge in [-0.2, -0.15) is 0 Å². The molecule has 1 aliphatic rings. The number of anilines is 2. The van der Waals surface area contributed by atoms with Crippen LogP contribution >= 0.6 is 0 Å². The quantitative estimate of drug-likeness (QED) is 0.889. The molecule has 1 atom stereocenters. The molecule has 1 aliphatic heterocycles. The standard InChI is InChI=1S/C19H26N6O/c1-14-21-15(12-18(22-14)23-17-9-4-6-10-20-17)16-8-5-7-11-25(16)13-19(26)24(2)3/h4,6,9-10,12,16H,5,7-8,11,13H2,1-3H3,(H,20,21,22,23)/t16-/m0/s1. The van der Waals surface area contributed by atoms with Crippen molar-refractivity contribution in [1.29, 1.82) is 0 Å². The van der Waals surface area contributed by atoms with Crippen molar-refractivity contribution < 1.29 is 4.79 Å². The van der Waals surface area contributed by atoms with Crippen LogP contribution in [-0.2, 0) is 4.79 Å². The van der Waals surface area contributed by atoms with Crippen LogP contribution in [0.15, 0.2) is 30.5 Å². The molecule has 1 fully saturated rings. The van der Waals surface area contributed by atoms with Crippen LogP contribution in [0.1, 0.15) is 36.8 Å². The van der Waals surface area contributed by atoms with Gasteiger partial charge in [0.1, 0.15) is 17.5 Å². The van der Waals surface area contributed by atoms with Crippen LogP contribution in [0.3, 0.4) is 0 Å². The molecule has 26 heavy (non-hydrogen) atoms. The lowest BCUT2D eigenvalue weighted by atomic mass is 9.99. The predicted molar refractivity (Wildman–Crippen MR) is 101 cm³/mol. The van der Waals surface area contributed by atoms with E-state index in [9.17, 15) is 4.79 Å². The van der Waals surface area contributed by atoms with Crippen LogP contribution in [0.5, 0.6) is 0 Å². The first-order chi connectivity index (χ1) is 12.5. The Hall–Kier alpha value is -2.54. The van der Waals surface area contributed by atoms with E-state index < -0.39 is 0 Å².